The fraction of sp³-hybridized carbons (Fsp3) is 0.409. The predicted octanol–water partition coefficient (Wildman–Crippen LogP) is 5.14. The van der Waals surface area contributed by atoms with Crippen LogP contribution in [-0.4, -0.2) is 24.1 Å². The second-order valence-corrected chi connectivity index (χ2v) is 8.61. The molecule has 160 valence electrons. The van der Waals surface area contributed by atoms with Gasteiger partial charge in [-0.3, -0.25) is 9.59 Å². The molecule has 1 aromatic heterocycles. The summed E-state index contributed by atoms with van der Waals surface area (Å²) < 4.78 is 5.87. The Hall–Kier alpha value is -2.31. The zero-order valence-corrected chi connectivity index (χ0v) is 18.8. The zero-order valence-electron chi connectivity index (χ0n) is 17.3. The first-order valence-corrected chi connectivity index (χ1v) is 10.8. The van der Waals surface area contributed by atoms with E-state index < -0.39 is 5.91 Å². The van der Waals surface area contributed by atoms with E-state index in [-0.39, 0.29) is 16.5 Å². The Balaban J connectivity index is 1.78. The number of carbonyl (C=O) groups is 2. The Morgan fingerprint density at radius 3 is 2.67 bits per heavy atom. The van der Waals surface area contributed by atoms with Crippen LogP contribution in [0.4, 0.5) is 0 Å². The van der Waals surface area contributed by atoms with Gasteiger partial charge in [0.15, 0.2) is 5.76 Å². The molecule has 0 radical (unpaired) electrons. The van der Waals surface area contributed by atoms with Gasteiger partial charge in [0, 0.05) is 29.1 Å². The number of carbonyl (C=O) groups excluding carboxylic acids is 2. The highest BCUT2D eigenvalue weighted by Crippen LogP contribution is 2.30. The molecule has 1 aliphatic carbocycles. The van der Waals surface area contributed by atoms with Crippen molar-refractivity contribution in [2.24, 2.45) is 11.0 Å². The maximum absolute atomic E-state index is 12.5. The van der Waals surface area contributed by atoms with Gasteiger partial charge in [-0.1, -0.05) is 37.0 Å². The van der Waals surface area contributed by atoms with E-state index in [1.165, 1.54) is 6.07 Å². The molecule has 6 nitrogen and oxygen atoms in total. The number of halogens is 2. The van der Waals surface area contributed by atoms with Crippen molar-refractivity contribution in [3.8, 4) is 0 Å². The van der Waals surface area contributed by atoms with Gasteiger partial charge in [-0.05, 0) is 50.3 Å². The van der Waals surface area contributed by atoms with Crippen LogP contribution >= 0.6 is 23.2 Å². The molecule has 8 heteroatoms. The van der Waals surface area contributed by atoms with Crippen molar-refractivity contribution in [1.82, 2.24) is 10.7 Å². The number of fused-ring (bicyclic) bond motifs is 1. The lowest BCUT2D eigenvalue weighted by molar-refractivity contribution is 0.0920. The minimum absolute atomic E-state index is 0.223. The third-order valence-electron chi connectivity index (χ3n) is 5.01. The lowest BCUT2D eigenvalue weighted by Gasteiger charge is -2.13. The van der Waals surface area contributed by atoms with Crippen LogP contribution in [0, 0.1) is 12.8 Å². The van der Waals surface area contributed by atoms with Crippen molar-refractivity contribution in [2.45, 2.75) is 46.5 Å². The normalized spacial score (nSPS) is 14.7. The summed E-state index contributed by atoms with van der Waals surface area (Å²) in [5, 5.41) is 7.93. The van der Waals surface area contributed by atoms with Gasteiger partial charge in [0.25, 0.3) is 11.8 Å². The molecule has 0 fully saturated rings. The van der Waals surface area contributed by atoms with Crippen LogP contribution in [0.1, 0.15) is 70.9 Å². The lowest BCUT2D eigenvalue weighted by atomic mass is 9.93. The monoisotopic (exact) mass is 449 g/mol. The van der Waals surface area contributed by atoms with E-state index in [9.17, 15) is 9.59 Å². The number of aryl methyl sites for hydroxylation is 1. The van der Waals surface area contributed by atoms with E-state index >= 15 is 0 Å². The number of hydrogen-bond donors (Lipinski definition) is 2. The summed E-state index contributed by atoms with van der Waals surface area (Å²) >= 11 is 12.0. The Morgan fingerprint density at radius 2 is 1.97 bits per heavy atom. The molecule has 0 bridgehead atoms. The van der Waals surface area contributed by atoms with E-state index in [4.69, 9.17) is 27.6 Å². The molecular formula is C22H25Cl2N3O3. The number of hydrazone groups is 1. The summed E-state index contributed by atoms with van der Waals surface area (Å²) in [6.45, 7) is 6.66. The molecule has 0 atom stereocenters. The SMILES string of the molecule is Cc1c(C(=O)NCCC(C)C)oc2c1/C(=N/NC(=O)c1ccc(Cl)cc1Cl)CCC2. The molecule has 0 saturated carbocycles. The van der Waals surface area contributed by atoms with Gasteiger partial charge in [-0.2, -0.15) is 5.10 Å². The van der Waals surface area contributed by atoms with Crippen LogP contribution in [0.25, 0.3) is 0 Å². The summed E-state index contributed by atoms with van der Waals surface area (Å²) in [5.41, 5.74) is 5.08. The third kappa shape index (κ3) is 5.05. The smallest absolute Gasteiger partial charge is 0.287 e. The standard InChI is InChI=1S/C22H25Cl2N3O3/c1-12(2)9-10-25-22(29)20-13(3)19-17(5-4-6-18(19)30-20)26-27-21(28)15-8-7-14(23)11-16(15)24/h7-8,11-12H,4-6,9-10H2,1-3H3,(H,25,29)(H,27,28)/b26-17+. The number of amides is 2. The number of rotatable bonds is 6. The molecule has 2 aromatic rings. The van der Waals surface area contributed by atoms with Crippen molar-refractivity contribution in [1.29, 1.82) is 0 Å². The highest BCUT2D eigenvalue weighted by atomic mass is 35.5. The van der Waals surface area contributed by atoms with Crippen LogP contribution < -0.4 is 10.7 Å². The molecule has 1 aliphatic rings. The number of furan rings is 1. The van der Waals surface area contributed by atoms with Crippen LogP contribution in [-0.2, 0) is 6.42 Å². The number of nitrogens with zero attached hydrogens (tertiary/aromatic N) is 1. The van der Waals surface area contributed by atoms with Crippen molar-refractivity contribution in [2.75, 3.05) is 6.54 Å². The van der Waals surface area contributed by atoms with E-state index in [1.807, 2.05) is 6.92 Å². The summed E-state index contributed by atoms with van der Waals surface area (Å²) in [6, 6.07) is 4.65. The predicted molar refractivity (Wildman–Crippen MR) is 119 cm³/mol. The molecule has 2 N–H and O–H groups in total. The number of nitrogens with one attached hydrogen (secondary N) is 2. The first-order chi connectivity index (χ1) is 14.3. The fourth-order valence-electron chi connectivity index (χ4n) is 3.40. The van der Waals surface area contributed by atoms with Crippen LogP contribution in [0.5, 0.6) is 0 Å². The molecule has 3 rings (SSSR count). The van der Waals surface area contributed by atoms with Gasteiger partial charge in [0.1, 0.15) is 5.76 Å². The van der Waals surface area contributed by atoms with Crippen molar-refractivity contribution in [3.63, 3.8) is 0 Å². The number of benzene rings is 1. The Labute approximate surface area is 186 Å². The summed E-state index contributed by atoms with van der Waals surface area (Å²) in [4.78, 5) is 25.0. The molecule has 1 heterocycles. The average Bonchev–Trinajstić information content (AvgIpc) is 3.03. The van der Waals surface area contributed by atoms with E-state index in [0.29, 0.717) is 35.4 Å². The second-order valence-electron chi connectivity index (χ2n) is 7.77. The minimum atomic E-state index is -0.427. The minimum Gasteiger partial charge on any atom is -0.455 e. The average molecular weight is 450 g/mol. The first-order valence-electron chi connectivity index (χ1n) is 10.0. The Bertz CT molecular complexity index is 996. The largest absolute Gasteiger partial charge is 0.455 e. The van der Waals surface area contributed by atoms with Gasteiger partial charge in [0.2, 0.25) is 0 Å². The molecule has 0 saturated heterocycles. The van der Waals surface area contributed by atoms with Crippen LogP contribution in [0.3, 0.4) is 0 Å². The van der Waals surface area contributed by atoms with E-state index in [1.54, 1.807) is 12.1 Å². The maximum Gasteiger partial charge on any atom is 0.287 e. The van der Waals surface area contributed by atoms with Crippen molar-refractivity contribution >= 4 is 40.7 Å². The van der Waals surface area contributed by atoms with Gasteiger partial charge >= 0.3 is 0 Å². The molecule has 30 heavy (non-hydrogen) atoms. The van der Waals surface area contributed by atoms with Gasteiger partial charge in [-0.25, -0.2) is 5.43 Å². The Kier molecular flexibility index (Phi) is 7.21. The molecule has 2 amide bonds. The quantitative estimate of drug-likeness (QED) is 0.598. The van der Waals surface area contributed by atoms with Gasteiger partial charge in [-0.15, -0.1) is 0 Å². The van der Waals surface area contributed by atoms with Gasteiger partial charge < -0.3 is 9.73 Å². The zero-order chi connectivity index (χ0) is 21.8. The second kappa shape index (κ2) is 9.67. The molecule has 0 spiro atoms. The fourth-order valence-corrected chi connectivity index (χ4v) is 3.90. The summed E-state index contributed by atoms with van der Waals surface area (Å²) in [6.07, 6.45) is 3.13. The van der Waals surface area contributed by atoms with Crippen LogP contribution in [0.15, 0.2) is 27.7 Å². The molecule has 0 unspecified atom stereocenters. The highest BCUT2D eigenvalue weighted by Gasteiger charge is 2.28. The first kappa shape index (κ1) is 22.4. The third-order valence-corrected chi connectivity index (χ3v) is 5.56. The van der Waals surface area contributed by atoms with Crippen LogP contribution in [0.2, 0.25) is 10.0 Å². The van der Waals surface area contributed by atoms with E-state index in [0.717, 1.165) is 36.1 Å². The summed E-state index contributed by atoms with van der Waals surface area (Å²) in [5.74, 6) is 0.895. The molecular weight excluding hydrogens is 425 g/mol. The number of hydrogen-bond acceptors (Lipinski definition) is 4. The van der Waals surface area contributed by atoms with Crippen molar-refractivity contribution in [3.05, 3.63) is 56.5 Å². The highest BCUT2D eigenvalue weighted by molar-refractivity contribution is 6.36. The Morgan fingerprint density at radius 1 is 1.20 bits per heavy atom. The topological polar surface area (TPSA) is 83.7 Å². The van der Waals surface area contributed by atoms with Gasteiger partial charge in [0.05, 0.1) is 16.3 Å². The molecule has 1 aromatic carbocycles. The van der Waals surface area contributed by atoms with Crippen molar-refractivity contribution < 1.29 is 14.0 Å². The van der Waals surface area contributed by atoms with E-state index in [2.05, 4.69) is 29.7 Å². The maximum atomic E-state index is 12.5. The summed E-state index contributed by atoms with van der Waals surface area (Å²) in [7, 11) is 0. The molecule has 0 aliphatic heterocycles. The lowest BCUT2D eigenvalue weighted by Crippen LogP contribution is -2.25.